The summed E-state index contributed by atoms with van der Waals surface area (Å²) in [6.07, 6.45) is 1.42. The van der Waals surface area contributed by atoms with Gasteiger partial charge < -0.3 is 4.74 Å². The molecule has 3 saturated carbocycles. The monoisotopic (exact) mass is 362 g/mol. The van der Waals surface area contributed by atoms with Gasteiger partial charge in [0, 0.05) is 36.5 Å². The van der Waals surface area contributed by atoms with Crippen LogP contribution in [-0.4, -0.2) is 30.1 Å². The summed E-state index contributed by atoms with van der Waals surface area (Å²) >= 11 is 0. The standard InChI is InChI=1S/C23H22O4/c1-27-23-13-12-17(18(24)14-23)19(21(25)15-8-4-2-5-9-15)20(23)22(26)16-10-6-3-7-11-16/h2-11,17,19-20H,12-14H2,1H3/t17-,19+,20+,23-/m0/s1. The van der Waals surface area contributed by atoms with Crippen molar-refractivity contribution in [2.45, 2.75) is 24.9 Å². The second-order valence-electron chi connectivity index (χ2n) is 7.52. The highest BCUT2D eigenvalue weighted by Crippen LogP contribution is 2.53. The predicted octanol–water partition coefficient (Wildman–Crippen LogP) is 3.75. The lowest BCUT2D eigenvalue weighted by atomic mass is 9.52. The Morgan fingerprint density at radius 2 is 1.48 bits per heavy atom. The molecule has 0 amide bonds. The van der Waals surface area contributed by atoms with E-state index in [-0.39, 0.29) is 23.8 Å². The van der Waals surface area contributed by atoms with Gasteiger partial charge >= 0.3 is 0 Å². The molecule has 3 aliphatic carbocycles. The quantitative estimate of drug-likeness (QED) is 0.760. The van der Waals surface area contributed by atoms with Crippen molar-refractivity contribution in [3.63, 3.8) is 0 Å². The van der Waals surface area contributed by atoms with Crippen LogP contribution in [0.25, 0.3) is 0 Å². The topological polar surface area (TPSA) is 60.4 Å². The van der Waals surface area contributed by atoms with E-state index in [1.807, 2.05) is 24.3 Å². The number of rotatable bonds is 5. The molecule has 0 unspecified atom stereocenters. The fourth-order valence-corrected chi connectivity index (χ4v) is 4.89. The molecule has 5 rings (SSSR count). The van der Waals surface area contributed by atoms with Gasteiger partial charge in [0.1, 0.15) is 5.78 Å². The Balaban J connectivity index is 1.82. The highest BCUT2D eigenvalue weighted by Gasteiger charge is 2.62. The van der Waals surface area contributed by atoms with E-state index in [1.165, 1.54) is 0 Å². The molecular weight excluding hydrogens is 340 g/mol. The molecule has 0 heterocycles. The summed E-state index contributed by atoms with van der Waals surface area (Å²) in [5.74, 6) is -1.93. The maximum Gasteiger partial charge on any atom is 0.169 e. The van der Waals surface area contributed by atoms with E-state index >= 15 is 0 Å². The Morgan fingerprint density at radius 3 is 2.00 bits per heavy atom. The van der Waals surface area contributed by atoms with Crippen LogP contribution in [0.5, 0.6) is 0 Å². The minimum atomic E-state index is -0.895. The maximum absolute atomic E-state index is 13.5. The number of carbonyl (C=O) groups is 3. The number of ether oxygens (including phenoxy) is 1. The van der Waals surface area contributed by atoms with Crippen molar-refractivity contribution in [1.82, 2.24) is 0 Å². The van der Waals surface area contributed by atoms with Gasteiger partial charge in [0.05, 0.1) is 11.5 Å². The van der Waals surface area contributed by atoms with Gasteiger partial charge in [-0.2, -0.15) is 0 Å². The largest absolute Gasteiger partial charge is 0.377 e. The van der Waals surface area contributed by atoms with Crippen molar-refractivity contribution < 1.29 is 19.1 Å². The maximum atomic E-state index is 13.5. The molecule has 0 saturated heterocycles. The van der Waals surface area contributed by atoms with E-state index < -0.39 is 23.4 Å². The van der Waals surface area contributed by atoms with Crippen molar-refractivity contribution in [2.24, 2.45) is 17.8 Å². The molecular formula is C23H22O4. The van der Waals surface area contributed by atoms with Gasteiger partial charge in [-0.15, -0.1) is 0 Å². The summed E-state index contributed by atoms with van der Waals surface area (Å²) in [6.45, 7) is 0. The Bertz CT molecular complexity index is 874. The lowest BCUT2D eigenvalue weighted by molar-refractivity contribution is -0.161. The molecule has 0 radical (unpaired) electrons. The summed E-state index contributed by atoms with van der Waals surface area (Å²) in [6, 6.07) is 18.0. The third kappa shape index (κ3) is 2.85. The summed E-state index contributed by atoms with van der Waals surface area (Å²) in [7, 11) is 1.55. The molecule has 2 bridgehead atoms. The molecule has 0 N–H and O–H groups in total. The summed E-state index contributed by atoms with van der Waals surface area (Å²) in [4.78, 5) is 39.6. The normalized spacial score (nSPS) is 29.5. The number of Topliss-reactive ketones (excluding diaryl/α,β-unsaturated/α-hetero) is 3. The number of hydrogen-bond donors (Lipinski definition) is 0. The van der Waals surface area contributed by atoms with E-state index in [0.29, 0.717) is 24.0 Å². The molecule has 3 aliphatic rings. The Labute approximate surface area is 158 Å². The minimum Gasteiger partial charge on any atom is -0.377 e. The zero-order valence-electron chi connectivity index (χ0n) is 15.3. The minimum absolute atomic E-state index is 0.0366. The van der Waals surface area contributed by atoms with Crippen LogP contribution in [0.15, 0.2) is 60.7 Å². The fraction of sp³-hybridized carbons (Fsp3) is 0.348. The highest BCUT2D eigenvalue weighted by molar-refractivity contribution is 6.09. The highest BCUT2D eigenvalue weighted by atomic mass is 16.5. The van der Waals surface area contributed by atoms with Crippen LogP contribution in [0.1, 0.15) is 40.0 Å². The van der Waals surface area contributed by atoms with E-state index in [4.69, 9.17) is 4.74 Å². The lowest BCUT2D eigenvalue weighted by Crippen LogP contribution is -2.62. The molecule has 4 nitrogen and oxygen atoms in total. The zero-order valence-corrected chi connectivity index (χ0v) is 15.3. The van der Waals surface area contributed by atoms with Crippen LogP contribution in [0, 0.1) is 17.8 Å². The SMILES string of the molecule is CO[C@@]12CC[C@@H](C(=O)C1)[C@@H](C(=O)c1ccccc1)[C@@H]2C(=O)c1ccccc1. The number of carbonyl (C=O) groups excluding carboxylic acids is 3. The van der Waals surface area contributed by atoms with E-state index in [9.17, 15) is 14.4 Å². The number of hydrogen-bond acceptors (Lipinski definition) is 4. The molecule has 0 aromatic heterocycles. The molecule has 2 aromatic rings. The average molecular weight is 362 g/mol. The molecule has 4 heteroatoms. The van der Waals surface area contributed by atoms with Crippen molar-refractivity contribution in [3.05, 3.63) is 71.8 Å². The van der Waals surface area contributed by atoms with Crippen LogP contribution < -0.4 is 0 Å². The molecule has 2 aromatic carbocycles. The number of methoxy groups -OCH3 is 1. The van der Waals surface area contributed by atoms with E-state index in [1.54, 1.807) is 43.5 Å². The van der Waals surface area contributed by atoms with Crippen LogP contribution in [0.2, 0.25) is 0 Å². The Kier molecular flexibility index (Phi) is 4.52. The Morgan fingerprint density at radius 1 is 0.926 bits per heavy atom. The number of benzene rings is 2. The summed E-state index contributed by atoms with van der Waals surface area (Å²) in [5.41, 5.74) is 0.207. The van der Waals surface area contributed by atoms with Gasteiger partial charge in [-0.25, -0.2) is 0 Å². The van der Waals surface area contributed by atoms with Gasteiger partial charge in [-0.3, -0.25) is 14.4 Å². The first-order valence-corrected chi connectivity index (χ1v) is 9.34. The molecule has 0 spiro atoms. The number of fused-ring (bicyclic) bond motifs is 3. The average Bonchev–Trinajstić information content (AvgIpc) is 2.73. The summed E-state index contributed by atoms with van der Waals surface area (Å²) in [5, 5.41) is 0. The van der Waals surface area contributed by atoms with Crippen molar-refractivity contribution in [1.29, 1.82) is 0 Å². The number of ketones is 3. The van der Waals surface area contributed by atoms with Gasteiger partial charge in [0.2, 0.25) is 0 Å². The van der Waals surface area contributed by atoms with Gasteiger partial charge in [0.25, 0.3) is 0 Å². The van der Waals surface area contributed by atoms with E-state index in [0.717, 1.165) is 0 Å². The molecule has 4 atom stereocenters. The van der Waals surface area contributed by atoms with Crippen LogP contribution in [0.4, 0.5) is 0 Å². The smallest absolute Gasteiger partial charge is 0.169 e. The first-order valence-electron chi connectivity index (χ1n) is 9.34. The lowest BCUT2D eigenvalue weighted by Gasteiger charge is -2.53. The van der Waals surface area contributed by atoms with Gasteiger partial charge in [0.15, 0.2) is 11.6 Å². The van der Waals surface area contributed by atoms with E-state index in [2.05, 4.69) is 0 Å². The van der Waals surface area contributed by atoms with Crippen LogP contribution >= 0.6 is 0 Å². The van der Waals surface area contributed by atoms with Gasteiger partial charge in [-0.1, -0.05) is 60.7 Å². The third-order valence-corrected chi connectivity index (χ3v) is 6.23. The van der Waals surface area contributed by atoms with Crippen molar-refractivity contribution >= 4 is 17.3 Å². The first kappa shape index (κ1) is 17.8. The fourth-order valence-electron chi connectivity index (χ4n) is 4.89. The molecule has 3 fully saturated rings. The Hall–Kier alpha value is -2.59. The predicted molar refractivity (Wildman–Crippen MR) is 101 cm³/mol. The summed E-state index contributed by atoms with van der Waals surface area (Å²) < 4.78 is 5.81. The first-order chi connectivity index (χ1) is 13.1. The molecule has 138 valence electrons. The van der Waals surface area contributed by atoms with Gasteiger partial charge in [-0.05, 0) is 12.8 Å². The van der Waals surface area contributed by atoms with Crippen LogP contribution in [-0.2, 0) is 9.53 Å². The van der Waals surface area contributed by atoms with Crippen LogP contribution in [0.3, 0.4) is 0 Å². The molecule has 0 aliphatic heterocycles. The third-order valence-electron chi connectivity index (χ3n) is 6.23. The second kappa shape index (κ2) is 6.86. The molecule has 27 heavy (non-hydrogen) atoms. The van der Waals surface area contributed by atoms with Crippen molar-refractivity contribution in [3.8, 4) is 0 Å². The zero-order chi connectivity index (χ0) is 19.0. The second-order valence-corrected chi connectivity index (χ2v) is 7.52. The van der Waals surface area contributed by atoms with Crippen molar-refractivity contribution in [2.75, 3.05) is 7.11 Å².